The van der Waals surface area contributed by atoms with Gasteiger partial charge in [0.15, 0.2) is 0 Å². The van der Waals surface area contributed by atoms with Crippen molar-refractivity contribution in [3.8, 4) is 0 Å². The summed E-state index contributed by atoms with van der Waals surface area (Å²) in [7, 11) is -2.09. The molecule has 2 fully saturated rings. The molecule has 148 valence electrons. The molecule has 2 heterocycles. The zero-order valence-electron chi connectivity index (χ0n) is 15.6. The maximum absolute atomic E-state index is 14.1. The van der Waals surface area contributed by atoms with E-state index in [1.165, 1.54) is 22.5 Å². The molecular weight excluding hydrogens is 381 g/mol. The van der Waals surface area contributed by atoms with Gasteiger partial charge in [0.2, 0.25) is 15.9 Å². The number of benzene rings is 2. The fourth-order valence-electron chi connectivity index (χ4n) is 4.06. The lowest BCUT2D eigenvalue weighted by molar-refractivity contribution is -0.123. The van der Waals surface area contributed by atoms with E-state index in [2.05, 4.69) is 0 Å². The molecule has 1 spiro atoms. The number of amides is 1. The Hall–Kier alpha value is -2.29. The summed E-state index contributed by atoms with van der Waals surface area (Å²) in [5, 5.41) is 0. The van der Waals surface area contributed by atoms with E-state index >= 15 is 0 Å². The second-order valence-electron chi connectivity index (χ2n) is 7.41. The van der Waals surface area contributed by atoms with E-state index in [1.54, 1.807) is 4.90 Å². The zero-order chi connectivity index (χ0) is 19.9. The number of hydrogen-bond acceptors (Lipinski definition) is 4. The van der Waals surface area contributed by atoms with Gasteiger partial charge in [-0.05, 0) is 37.7 Å². The van der Waals surface area contributed by atoms with Crippen LogP contribution >= 0.6 is 0 Å². The molecule has 28 heavy (non-hydrogen) atoms. The van der Waals surface area contributed by atoms with Gasteiger partial charge in [-0.3, -0.25) is 9.69 Å². The summed E-state index contributed by atoms with van der Waals surface area (Å²) in [4.78, 5) is 15.9. The van der Waals surface area contributed by atoms with E-state index in [0.717, 1.165) is 11.8 Å². The predicted molar refractivity (Wildman–Crippen MR) is 104 cm³/mol. The van der Waals surface area contributed by atoms with Crippen molar-refractivity contribution in [3.05, 3.63) is 60.4 Å². The lowest BCUT2D eigenvalue weighted by Crippen LogP contribution is -2.64. The summed E-state index contributed by atoms with van der Waals surface area (Å²) in [6, 6.07) is 14.8. The van der Waals surface area contributed by atoms with Crippen molar-refractivity contribution < 1.29 is 17.6 Å². The van der Waals surface area contributed by atoms with Crippen molar-refractivity contribution in [2.24, 2.45) is 0 Å². The zero-order valence-corrected chi connectivity index (χ0v) is 16.4. The molecule has 6 nitrogen and oxygen atoms in total. The highest BCUT2D eigenvalue weighted by molar-refractivity contribution is 7.89. The molecule has 2 aromatic rings. The van der Waals surface area contributed by atoms with Crippen molar-refractivity contribution in [1.82, 2.24) is 9.21 Å². The van der Waals surface area contributed by atoms with Crippen LogP contribution < -0.4 is 4.90 Å². The van der Waals surface area contributed by atoms with Gasteiger partial charge in [0.25, 0.3) is 0 Å². The summed E-state index contributed by atoms with van der Waals surface area (Å²) < 4.78 is 41.4. The van der Waals surface area contributed by atoms with Gasteiger partial charge in [0, 0.05) is 25.3 Å². The van der Waals surface area contributed by atoms with Crippen LogP contribution in [0.4, 0.5) is 10.1 Å². The van der Waals surface area contributed by atoms with Gasteiger partial charge >= 0.3 is 0 Å². The van der Waals surface area contributed by atoms with Crippen LogP contribution in [0.1, 0.15) is 6.42 Å². The monoisotopic (exact) mass is 403 g/mol. The van der Waals surface area contributed by atoms with Crippen LogP contribution in [0, 0.1) is 5.82 Å². The molecular formula is C20H22FN3O3S. The Bertz CT molecular complexity index is 999. The van der Waals surface area contributed by atoms with E-state index in [1.807, 2.05) is 42.3 Å². The summed E-state index contributed by atoms with van der Waals surface area (Å²) in [5.74, 6) is -0.767. The van der Waals surface area contributed by atoms with E-state index in [4.69, 9.17) is 0 Å². The van der Waals surface area contributed by atoms with Crippen molar-refractivity contribution in [2.75, 3.05) is 38.1 Å². The quantitative estimate of drug-likeness (QED) is 0.786. The van der Waals surface area contributed by atoms with E-state index < -0.39 is 21.4 Å². The Kier molecular flexibility index (Phi) is 4.73. The van der Waals surface area contributed by atoms with Crippen molar-refractivity contribution in [1.29, 1.82) is 0 Å². The maximum atomic E-state index is 14.1. The molecule has 1 amide bonds. The minimum absolute atomic E-state index is 0.0188. The van der Waals surface area contributed by atoms with Gasteiger partial charge in [0.05, 0.1) is 12.1 Å². The van der Waals surface area contributed by atoms with Crippen molar-refractivity contribution in [3.63, 3.8) is 0 Å². The van der Waals surface area contributed by atoms with Gasteiger partial charge in [0.1, 0.15) is 10.7 Å². The first-order chi connectivity index (χ1) is 13.3. The fraction of sp³-hybridized carbons (Fsp3) is 0.350. The maximum Gasteiger partial charge on any atom is 0.246 e. The predicted octanol–water partition coefficient (Wildman–Crippen LogP) is 1.94. The van der Waals surface area contributed by atoms with Gasteiger partial charge in [-0.1, -0.05) is 30.3 Å². The van der Waals surface area contributed by atoms with Crippen LogP contribution in [0.2, 0.25) is 0 Å². The van der Waals surface area contributed by atoms with Gasteiger partial charge in [-0.15, -0.1) is 0 Å². The molecule has 0 saturated carbocycles. The Morgan fingerprint density at radius 3 is 2.39 bits per heavy atom. The van der Waals surface area contributed by atoms with E-state index in [-0.39, 0.29) is 30.4 Å². The normalized spacial score (nSPS) is 24.2. The van der Waals surface area contributed by atoms with Gasteiger partial charge < -0.3 is 4.90 Å². The molecule has 1 atom stereocenters. The number of sulfonamides is 1. The average Bonchev–Trinajstić information content (AvgIpc) is 3.12. The molecule has 0 radical (unpaired) electrons. The first-order valence-corrected chi connectivity index (χ1v) is 10.6. The van der Waals surface area contributed by atoms with E-state index in [0.29, 0.717) is 13.0 Å². The number of anilines is 1. The van der Waals surface area contributed by atoms with Gasteiger partial charge in [-0.2, -0.15) is 4.31 Å². The number of hydrogen-bond donors (Lipinski definition) is 0. The molecule has 2 saturated heterocycles. The SMILES string of the molecule is CN1CC(=O)N(c2ccccc2)CC12CCN(S(=O)(=O)c1ccccc1F)C2. The number of carbonyl (C=O) groups is 1. The number of likely N-dealkylation sites (N-methyl/N-ethyl adjacent to an activating group) is 1. The molecule has 1 unspecified atom stereocenters. The minimum Gasteiger partial charge on any atom is -0.309 e. The largest absolute Gasteiger partial charge is 0.309 e. The third-order valence-electron chi connectivity index (χ3n) is 5.76. The van der Waals surface area contributed by atoms with Crippen LogP contribution in [-0.2, 0) is 14.8 Å². The Morgan fingerprint density at radius 2 is 1.68 bits per heavy atom. The van der Waals surface area contributed by atoms with E-state index in [9.17, 15) is 17.6 Å². The van der Waals surface area contributed by atoms with Crippen LogP contribution in [0.5, 0.6) is 0 Å². The number of piperazine rings is 1. The number of para-hydroxylation sites is 1. The molecule has 0 bridgehead atoms. The molecule has 2 aliphatic heterocycles. The van der Waals surface area contributed by atoms with Crippen molar-refractivity contribution in [2.45, 2.75) is 16.9 Å². The minimum atomic E-state index is -3.94. The second-order valence-corrected chi connectivity index (χ2v) is 9.32. The van der Waals surface area contributed by atoms with Crippen molar-refractivity contribution >= 4 is 21.6 Å². The number of carbonyl (C=O) groups excluding carboxylic acids is 1. The second kappa shape index (κ2) is 6.95. The Morgan fingerprint density at radius 1 is 1.00 bits per heavy atom. The highest BCUT2D eigenvalue weighted by Crippen LogP contribution is 2.36. The molecule has 4 rings (SSSR count). The first kappa shape index (κ1) is 19.0. The number of nitrogens with zero attached hydrogens (tertiary/aromatic N) is 3. The average molecular weight is 403 g/mol. The molecule has 8 heteroatoms. The lowest BCUT2D eigenvalue weighted by atomic mass is 9.92. The summed E-state index contributed by atoms with van der Waals surface area (Å²) in [6.45, 7) is 1.12. The van der Waals surface area contributed by atoms with Crippen LogP contribution in [0.15, 0.2) is 59.5 Å². The molecule has 0 aliphatic carbocycles. The molecule has 2 aliphatic rings. The Balaban J connectivity index is 1.62. The third kappa shape index (κ3) is 3.11. The fourth-order valence-corrected chi connectivity index (χ4v) is 5.65. The standard InChI is InChI=1S/C20H22FN3O3S/c1-22-13-19(25)24(16-7-3-2-4-8-16)15-20(22)11-12-23(14-20)28(26,27)18-10-6-5-9-17(18)21/h2-10H,11-15H2,1H3. The highest BCUT2D eigenvalue weighted by Gasteiger charge is 2.50. The number of halogens is 1. The molecule has 2 aromatic carbocycles. The summed E-state index contributed by atoms with van der Waals surface area (Å²) >= 11 is 0. The lowest BCUT2D eigenvalue weighted by Gasteiger charge is -2.46. The first-order valence-electron chi connectivity index (χ1n) is 9.15. The smallest absolute Gasteiger partial charge is 0.246 e. The Labute approximate surface area is 164 Å². The van der Waals surface area contributed by atoms with Crippen LogP contribution in [0.3, 0.4) is 0 Å². The van der Waals surface area contributed by atoms with Crippen LogP contribution in [0.25, 0.3) is 0 Å². The molecule has 0 aromatic heterocycles. The third-order valence-corrected chi connectivity index (χ3v) is 7.63. The highest BCUT2D eigenvalue weighted by atomic mass is 32.2. The number of rotatable bonds is 3. The summed E-state index contributed by atoms with van der Waals surface area (Å²) in [5.41, 5.74) is 0.303. The summed E-state index contributed by atoms with van der Waals surface area (Å²) in [6.07, 6.45) is 0.577. The topological polar surface area (TPSA) is 60.9 Å². The molecule has 0 N–H and O–H groups in total. The van der Waals surface area contributed by atoms with Gasteiger partial charge in [-0.25, -0.2) is 12.8 Å². The van der Waals surface area contributed by atoms with Crippen LogP contribution in [-0.4, -0.2) is 62.3 Å².